The smallest absolute Gasteiger partial charge is 0.130 e. The standard InChI is InChI=1S/C26H30NO2P/c1-18-27(19-12-8-7-9-13-19)21-15-10-14-20(25(21)30(18)26(2,3)4)24-22(28-5)16-11-17-23(24)29-6/h7-18H,1-6H3/t18-,30+/m0/s1. The largest absolute Gasteiger partial charge is 0.496 e. The summed E-state index contributed by atoms with van der Waals surface area (Å²) in [5.41, 5.74) is 4.79. The van der Waals surface area contributed by atoms with Crippen molar-refractivity contribution in [3.05, 3.63) is 66.7 Å². The molecule has 0 bridgehead atoms. The van der Waals surface area contributed by atoms with Gasteiger partial charge >= 0.3 is 0 Å². The van der Waals surface area contributed by atoms with Gasteiger partial charge in [-0.05, 0) is 55.9 Å². The summed E-state index contributed by atoms with van der Waals surface area (Å²) in [6, 6.07) is 23.4. The van der Waals surface area contributed by atoms with Crippen LogP contribution in [0.3, 0.4) is 0 Å². The van der Waals surface area contributed by atoms with E-state index in [1.54, 1.807) is 14.2 Å². The molecule has 30 heavy (non-hydrogen) atoms. The monoisotopic (exact) mass is 419 g/mol. The molecule has 2 atom stereocenters. The van der Waals surface area contributed by atoms with Gasteiger partial charge in [0.2, 0.25) is 0 Å². The Hall–Kier alpha value is -2.51. The fourth-order valence-corrected chi connectivity index (χ4v) is 8.17. The van der Waals surface area contributed by atoms with E-state index in [9.17, 15) is 0 Å². The Morgan fingerprint density at radius 2 is 1.40 bits per heavy atom. The first-order chi connectivity index (χ1) is 14.4. The molecule has 0 aliphatic carbocycles. The van der Waals surface area contributed by atoms with E-state index in [1.165, 1.54) is 22.2 Å². The molecule has 3 nitrogen and oxygen atoms in total. The third-order valence-electron chi connectivity index (χ3n) is 5.72. The highest BCUT2D eigenvalue weighted by atomic mass is 31.1. The van der Waals surface area contributed by atoms with Crippen LogP contribution >= 0.6 is 7.92 Å². The summed E-state index contributed by atoms with van der Waals surface area (Å²) < 4.78 is 11.5. The summed E-state index contributed by atoms with van der Waals surface area (Å²) in [6.45, 7) is 9.46. The summed E-state index contributed by atoms with van der Waals surface area (Å²) in [5, 5.41) is 1.58. The predicted octanol–water partition coefficient (Wildman–Crippen LogP) is 6.77. The maximum atomic E-state index is 5.77. The maximum Gasteiger partial charge on any atom is 0.130 e. The second kappa shape index (κ2) is 7.96. The van der Waals surface area contributed by atoms with E-state index in [0.717, 1.165) is 17.1 Å². The van der Waals surface area contributed by atoms with Gasteiger partial charge in [-0.3, -0.25) is 0 Å². The number of rotatable bonds is 4. The Balaban J connectivity index is 2.03. The molecule has 0 amide bonds. The minimum atomic E-state index is -0.491. The Kier molecular flexibility index (Phi) is 5.51. The lowest BCUT2D eigenvalue weighted by atomic mass is 10.0. The lowest BCUT2D eigenvalue weighted by Crippen LogP contribution is -2.27. The SMILES string of the molecule is COc1cccc(OC)c1-c1cccc2c1[P@](C(C)(C)C)[C@@H](C)N2c1ccccc1. The highest BCUT2D eigenvalue weighted by molar-refractivity contribution is 7.69. The van der Waals surface area contributed by atoms with Crippen molar-refractivity contribution in [3.63, 3.8) is 0 Å². The van der Waals surface area contributed by atoms with E-state index in [2.05, 4.69) is 81.1 Å². The Labute approximate surface area is 181 Å². The van der Waals surface area contributed by atoms with Crippen LogP contribution in [0.1, 0.15) is 27.7 Å². The Morgan fingerprint density at radius 3 is 1.97 bits per heavy atom. The minimum absolute atomic E-state index is 0.151. The zero-order valence-corrected chi connectivity index (χ0v) is 19.5. The van der Waals surface area contributed by atoms with Gasteiger partial charge in [-0.1, -0.05) is 57.2 Å². The summed E-state index contributed by atoms with van der Waals surface area (Å²) in [7, 11) is 2.97. The van der Waals surface area contributed by atoms with E-state index < -0.39 is 7.92 Å². The number of nitrogens with zero attached hydrogens (tertiary/aromatic N) is 1. The van der Waals surface area contributed by atoms with Crippen molar-refractivity contribution in [2.75, 3.05) is 19.1 Å². The lowest BCUT2D eigenvalue weighted by molar-refractivity contribution is 0.397. The number of ether oxygens (including phenoxy) is 2. The third kappa shape index (κ3) is 3.36. The molecule has 156 valence electrons. The average molecular weight is 420 g/mol. The minimum Gasteiger partial charge on any atom is -0.496 e. The van der Waals surface area contributed by atoms with Crippen LogP contribution in [0, 0.1) is 0 Å². The highest BCUT2D eigenvalue weighted by Gasteiger charge is 2.44. The van der Waals surface area contributed by atoms with Crippen molar-refractivity contribution in [1.82, 2.24) is 0 Å². The quantitative estimate of drug-likeness (QED) is 0.435. The van der Waals surface area contributed by atoms with Gasteiger partial charge in [0.05, 0.1) is 31.3 Å². The molecule has 0 saturated carbocycles. The van der Waals surface area contributed by atoms with Gasteiger partial charge in [0.25, 0.3) is 0 Å². The van der Waals surface area contributed by atoms with Crippen LogP contribution in [0.2, 0.25) is 0 Å². The number of fused-ring (bicyclic) bond motifs is 1. The number of anilines is 2. The molecule has 1 heterocycles. The average Bonchev–Trinajstić information content (AvgIpc) is 3.05. The fraction of sp³-hybridized carbons (Fsp3) is 0.308. The molecule has 3 aromatic carbocycles. The van der Waals surface area contributed by atoms with E-state index >= 15 is 0 Å². The Morgan fingerprint density at radius 1 is 0.800 bits per heavy atom. The summed E-state index contributed by atoms with van der Waals surface area (Å²) in [6.07, 6.45) is 0. The first-order valence-electron chi connectivity index (χ1n) is 10.4. The van der Waals surface area contributed by atoms with Gasteiger partial charge < -0.3 is 14.4 Å². The molecule has 4 heteroatoms. The summed E-state index contributed by atoms with van der Waals surface area (Å²) >= 11 is 0. The van der Waals surface area contributed by atoms with Crippen molar-refractivity contribution in [1.29, 1.82) is 0 Å². The van der Waals surface area contributed by atoms with Crippen LogP contribution in [0.4, 0.5) is 11.4 Å². The zero-order valence-electron chi connectivity index (χ0n) is 18.6. The summed E-state index contributed by atoms with van der Waals surface area (Å²) in [5.74, 6) is 2.08. The molecule has 0 saturated heterocycles. The summed E-state index contributed by atoms with van der Waals surface area (Å²) in [4.78, 5) is 2.51. The number of hydrogen-bond donors (Lipinski definition) is 0. The van der Waals surface area contributed by atoms with E-state index in [4.69, 9.17) is 9.47 Å². The van der Waals surface area contributed by atoms with Gasteiger partial charge in [-0.25, -0.2) is 0 Å². The van der Waals surface area contributed by atoms with Gasteiger partial charge in [0.15, 0.2) is 0 Å². The van der Waals surface area contributed by atoms with Crippen molar-refractivity contribution in [3.8, 4) is 22.6 Å². The highest BCUT2D eigenvalue weighted by Crippen LogP contribution is 2.63. The van der Waals surface area contributed by atoms with Crippen LogP contribution in [0.5, 0.6) is 11.5 Å². The fourth-order valence-electron chi connectivity index (χ4n) is 4.64. The number of methoxy groups -OCH3 is 2. The van der Waals surface area contributed by atoms with Crippen molar-refractivity contribution in [2.45, 2.75) is 38.6 Å². The topological polar surface area (TPSA) is 21.7 Å². The van der Waals surface area contributed by atoms with Crippen LogP contribution in [-0.4, -0.2) is 25.2 Å². The second-order valence-corrected chi connectivity index (χ2v) is 11.9. The van der Waals surface area contributed by atoms with Crippen LogP contribution < -0.4 is 19.7 Å². The third-order valence-corrected chi connectivity index (χ3v) is 9.09. The molecule has 1 aliphatic rings. The zero-order chi connectivity index (χ0) is 21.5. The van der Waals surface area contributed by atoms with Gasteiger partial charge in [0, 0.05) is 11.0 Å². The first kappa shape index (κ1) is 20.8. The number of para-hydroxylation sites is 1. The molecule has 1 aliphatic heterocycles. The maximum absolute atomic E-state index is 5.77. The molecule has 4 rings (SSSR count). The van der Waals surface area contributed by atoms with Crippen LogP contribution in [0.25, 0.3) is 11.1 Å². The predicted molar refractivity (Wildman–Crippen MR) is 129 cm³/mol. The molecule has 0 aromatic heterocycles. The number of benzene rings is 3. The van der Waals surface area contributed by atoms with Crippen molar-refractivity contribution < 1.29 is 9.47 Å². The number of hydrogen-bond acceptors (Lipinski definition) is 3. The van der Waals surface area contributed by atoms with Crippen LogP contribution in [0.15, 0.2) is 66.7 Å². The first-order valence-corrected chi connectivity index (χ1v) is 11.8. The van der Waals surface area contributed by atoms with E-state index in [1.807, 2.05) is 18.2 Å². The molecule has 0 fully saturated rings. The van der Waals surface area contributed by atoms with Crippen molar-refractivity contribution in [2.24, 2.45) is 0 Å². The van der Waals surface area contributed by atoms with E-state index in [0.29, 0.717) is 5.78 Å². The van der Waals surface area contributed by atoms with Crippen molar-refractivity contribution >= 4 is 24.6 Å². The van der Waals surface area contributed by atoms with Crippen LogP contribution in [-0.2, 0) is 0 Å². The molecular weight excluding hydrogens is 389 g/mol. The molecule has 3 aromatic rings. The second-order valence-electron chi connectivity index (χ2n) is 8.59. The molecular formula is C26H30NO2P. The van der Waals surface area contributed by atoms with Gasteiger partial charge in [-0.15, -0.1) is 0 Å². The van der Waals surface area contributed by atoms with E-state index in [-0.39, 0.29) is 5.16 Å². The molecule has 0 unspecified atom stereocenters. The molecule has 0 radical (unpaired) electrons. The molecule has 0 N–H and O–H groups in total. The lowest BCUT2D eigenvalue weighted by Gasteiger charge is -2.35. The van der Waals surface area contributed by atoms with Gasteiger partial charge in [0.1, 0.15) is 11.5 Å². The Bertz CT molecular complexity index is 1020. The normalized spacial score (nSPS) is 18.3. The molecule has 0 spiro atoms. The van der Waals surface area contributed by atoms with Gasteiger partial charge in [-0.2, -0.15) is 0 Å².